The van der Waals surface area contributed by atoms with Crippen LogP contribution >= 0.6 is 0 Å². The van der Waals surface area contributed by atoms with E-state index in [9.17, 15) is 0 Å². The molecule has 0 radical (unpaired) electrons. The monoisotopic (exact) mass is 333 g/mol. The van der Waals surface area contributed by atoms with Crippen molar-refractivity contribution >= 4 is 23.1 Å². The first kappa shape index (κ1) is 17.5. The normalized spacial score (nSPS) is 11.6. The quantitative estimate of drug-likeness (QED) is 0.369. The van der Waals surface area contributed by atoms with Crippen molar-refractivity contribution in [1.29, 1.82) is 0 Å². The SMILES string of the molecule is CCCCCCn1cc(/C=C/c2cc[n+](CC)cc2)c2ccccc21. The molecule has 0 bridgehead atoms. The molecule has 2 aromatic heterocycles. The minimum Gasteiger partial charge on any atom is -0.347 e. The summed E-state index contributed by atoms with van der Waals surface area (Å²) in [5.74, 6) is 0. The molecule has 3 rings (SSSR count). The fraction of sp³-hybridized carbons (Fsp3) is 0.348. The first-order chi connectivity index (χ1) is 12.3. The number of pyridine rings is 1. The second-order valence-corrected chi connectivity index (χ2v) is 6.65. The van der Waals surface area contributed by atoms with Crippen molar-refractivity contribution in [3.8, 4) is 0 Å². The molecule has 0 spiro atoms. The number of aryl methyl sites for hydroxylation is 2. The minimum absolute atomic E-state index is 1.01. The molecule has 0 aliphatic rings. The third-order valence-corrected chi connectivity index (χ3v) is 4.81. The van der Waals surface area contributed by atoms with Crippen LogP contribution < -0.4 is 4.57 Å². The number of unbranched alkanes of at least 4 members (excludes halogenated alkanes) is 3. The standard InChI is InChI=1S/C23H29N2/c1-3-5-6-9-16-25-19-21(22-10-7-8-11-23(22)25)13-12-20-14-17-24(4-2)18-15-20/h7-8,10-15,17-19H,3-6,9,16H2,1-2H3/q+1. The number of rotatable bonds is 8. The van der Waals surface area contributed by atoms with Crippen LogP contribution in [0.5, 0.6) is 0 Å². The zero-order chi connectivity index (χ0) is 17.5. The Labute approximate surface area is 151 Å². The van der Waals surface area contributed by atoms with Gasteiger partial charge in [-0.2, -0.15) is 0 Å². The molecule has 2 nitrogen and oxygen atoms in total. The summed E-state index contributed by atoms with van der Waals surface area (Å²) >= 11 is 0. The van der Waals surface area contributed by atoms with Crippen LogP contribution in [0.3, 0.4) is 0 Å². The van der Waals surface area contributed by atoms with Gasteiger partial charge >= 0.3 is 0 Å². The molecule has 0 fully saturated rings. The predicted molar refractivity (Wildman–Crippen MR) is 107 cm³/mol. The molecular formula is C23H29N2+. The van der Waals surface area contributed by atoms with Crippen molar-refractivity contribution in [2.24, 2.45) is 0 Å². The van der Waals surface area contributed by atoms with E-state index in [-0.39, 0.29) is 0 Å². The Morgan fingerprint density at radius 3 is 2.48 bits per heavy atom. The molecule has 25 heavy (non-hydrogen) atoms. The zero-order valence-corrected chi connectivity index (χ0v) is 15.5. The molecule has 130 valence electrons. The Kier molecular flexibility index (Phi) is 6.05. The topological polar surface area (TPSA) is 8.81 Å². The van der Waals surface area contributed by atoms with E-state index in [4.69, 9.17) is 0 Å². The molecule has 0 atom stereocenters. The fourth-order valence-electron chi connectivity index (χ4n) is 3.28. The third kappa shape index (κ3) is 4.39. The van der Waals surface area contributed by atoms with Gasteiger partial charge in [0.25, 0.3) is 0 Å². The highest BCUT2D eigenvalue weighted by atomic mass is 15.0. The lowest BCUT2D eigenvalue weighted by Gasteiger charge is -2.04. The van der Waals surface area contributed by atoms with E-state index in [2.05, 4.69) is 90.1 Å². The van der Waals surface area contributed by atoms with Crippen molar-refractivity contribution in [1.82, 2.24) is 4.57 Å². The van der Waals surface area contributed by atoms with Gasteiger partial charge in [0.05, 0.1) is 0 Å². The average Bonchev–Trinajstić information content (AvgIpc) is 3.02. The molecule has 3 aromatic rings. The number of para-hydroxylation sites is 1. The molecule has 0 saturated heterocycles. The highest BCUT2D eigenvalue weighted by Crippen LogP contribution is 2.24. The van der Waals surface area contributed by atoms with Crippen molar-refractivity contribution in [3.63, 3.8) is 0 Å². The Hall–Kier alpha value is -2.35. The summed E-state index contributed by atoms with van der Waals surface area (Å²) < 4.78 is 4.60. The number of hydrogen-bond acceptors (Lipinski definition) is 0. The van der Waals surface area contributed by atoms with E-state index < -0.39 is 0 Å². The highest BCUT2D eigenvalue weighted by Gasteiger charge is 2.06. The average molecular weight is 333 g/mol. The fourth-order valence-corrected chi connectivity index (χ4v) is 3.28. The summed E-state index contributed by atoms with van der Waals surface area (Å²) in [6.45, 7) is 6.54. The summed E-state index contributed by atoms with van der Waals surface area (Å²) in [4.78, 5) is 0. The van der Waals surface area contributed by atoms with Crippen LogP contribution in [0.1, 0.15) is 50.7 Å². The summed E-state index contributed by atoms with van der Waals surface area (Å²) in [7, 11) is 0. The van der Waals surface area contributed by atoms with Crippen LogP contribution in [0.15, 0.2) is 55.0 Å². The number of hydrogen-bond donors (Lipinski definition) is 0. The second kappa shape index (κ2) is 8.66. The number of aromatic nitrogens is 2. The van der Waals surface area contributed by atoms with Crippen molar-refractivity contribution in [3.05, 3.63) is 66.1 Å². The second-order valence-electron chi connectivity index (χ2n) is 6.65. The van der Waals surface area contributed by atoms with Crippen molar-refractivity contribution in [2.45, 2.75) is 52.6 Å². The van der Waals surface area contributed by atoms with E-state index in [1.165, 1.54) is 47.7 Å². The lowest BCUT2D eigenvalue weighted by atomic mass is 10.1. The molecule has 0 amide bonds. The first-order valence-corrected chi connectivity index (χ1v) is 9.57. The molecule has 2 heterocycles. The van der Waals surface area contributed by atoms with Gasteiger partial charge in [0.2, 0.25) is 0 Å². The highest BCUT2D eigenvalue weighted by molar-refractivity contribution is 5.92. The van der Waals surface area contributed by atoms with Gasteiger partial charge in [-0.25, -0.2) is 4.57 Å². The summed E-state index contributed by atoms with van der Waals surface area (Å²) in [6.07, 6.45) is 16.2. The lowest BCUT2D eigenvalue weighted by molar-refractivity contribution is -0.693. The van der Waals surface area contributed by atoms with Crippen molar-refractivity contribution < 1.29 is 4.57 Å². The molecule has 0 N–H and O–H groups in total. The Balaban J connectivity index is 1.81. The smallest absolute Gasteiger partial charge is 0.169 e. The van der Waals surface area contributed by atoms with Crippen molar-refractivity contribution in [2.75, 3.05) is 0 Å². The van der Waals surface area contributed by atoms with Crippen LogP contribution in [-0.4, -0.2) is 4.57 Å². The summed E-state index contributed by atoms with van der Waals surface area (Å²) in [5.41, 5.74) is 3.89. The Morgan fingerprint density at radius 1 is 0.920 bits per heavy atom. The number of nitrogens with zero attached hydrogens (tertiary/aromatic N) is 2. The molecular weight excluding hydrogens is 304 g/mol. The molecule has 0 aliphatic heterocycles. The van der Waals surface area contributed by atoms with Gasteiger partial charge in [-0.15, -0.1) is 0 Å². The molecule has 0 saturated carbocycles. The van der Waals surface area contributed by atoms with Gasteiger partial charge < -0.3 is 4.57 Å². The predicted octanol–water partition coefficient (Wildman–Crippen LogP) is 5.70. The van der Waals surface area contributed by atoms with E-state index in [0.29, 0.717) is 0 Å². The maximum absolute atomic E-state index is 2.42. The molecule has 2 heteroatoms. The van der Waals surface area contributed by atoms with Gasteiger partial charge in [-0.3, -0.25) is 0 Å². The van der Waals surface area contributed by atoms with Crippen LogP contribution in [0.2, 0.25) is 0 Å². The van der Waals surface area contributed by atoms with E-state index in [1.54, 1.807) is 0 Å². The molecule has 0 unspecified atom stereocenters. The first-order valence-electron chi connectivity index (χ1n) is 9.57. The minimum atomic E-state index is 1.01. The van der Waals surface area contributed by atoms with Gasteiger partial charge in [-0.1, -0.05) is 56.5 Å². The van der Waals surface area contributed by atoms with Crippen LogP contribution in [0, 0.1) is 0 Å². The van der Waals surface area contributed by atoms with Crippen LogP contribution in [0.25, 0.3) is 23.1 Å². The molecule has 0 aliphatic carbocycles. The Morgan fingerprint density at radius 2 is 1.72 bits per heavy atom. The molecule has 1 aromatic carbocycles. The maximum Gasteiger partial charge on any atom is 0.169 e. The van der Waals surface area contributed by atoms with Crippen LogP contribution in [-0.2, 0) is 13.1 Å². The lowest BCUT2D eigenvalue weighted by Crippen LogP contribution is -2.30. The van der Waals surface area contributed by atoms with E-state index in [1.807, 2.05) is 0 Å². The number of benzene rings is 1. The summed E-state index contributed by atoms with van der Waals surface area (Å²) in [5, 5.41) is 1.34. The van der Waals surface area contributed by atoms with Gasteiger partial charge in [0.1, 0.15) is 6.54 Å². The van der Waals surface area contributed by atoms with Gasteiger partial charge in [0.15, 0.2) is 12.4 Å². The number of fused-ring (bicyclic) bond motifs is 1. The van der Waals surface area contributed by atoms with Gasteiger partial charge in [0, 0.05) is 35.8 Å². The zero-order valence-electron chi connectivity index (χ0n) is 15.5. The third-order valence-electron chi connectivity index (χ3n) is 4.81. The van der Waals surface area contributed by atoms with E-state index >= 15 is 0 Å². The maximum atomic E-state index is 2.42. The van der Waals surface area contributed by atoms with E-state index in [0.717, 1.165) is 13.1 Å². The Bertz CT molecular complexity index is 825. The van der Waals surface area contributed by atoms with Gasteiger partial charge in [-0.05, 0) is 30.5 Å². The van der Waals surface area contributed by atoms with Crippen LogP contribution in [0.4, 0.5) is 0 Å². The largest absolute Gasteiger partial charge is 0.347 e. The summed E-state index contributed by atoms with van der Waals surface area (Å²) in [6, 6.07) is 13.1.